The lowest BCUT2D eigenvalue weighted by Crippen LogP contribution is -1.96. The molecule has 0 unspecified atom stereocenters. The molecular formula is C27H18N8. The summed E-state index contributed by atoms with van der Waals surface area (Å²) < 4.78 is 1.67. The number of para-hydroxylation sites is 1. The van der Waals surface area contributed by atoms with Gasteiger partial charge in [-0.3, -0.25) is 4.98 Å². The van der Waals surface area contributed by atoms with Crippen LogP contribution in [0.4, 0.5) is 28.4 Å². The number of hydrogen-bond donors (Lipinski definition) is 2. The molecule has 0 spiro atoms. The van der Waals surface area contributed by atoms with Crippen LogP contribution in [0.5, 0.6) is 0 Å². The van der Waals surface area contributed by atoms with Gasteiger partial charge in [-0.25, -0.2) is 14.3 Å². The molecule has 6 aromatic rings. The lowest BCUT2D eigenvalue weighted by atomic mass is 10.1. The first kappa shape index (κ1) is 20.3. The smallest absolute Gasteiger partial charge is 0.252 e. The van der Waals surface area contributed by atoms with Crippen molar-refractivity contribution in [1.82, 2.24) is 24.6 Å². The lowest BCUT2D eigenvalue weighted by molar-refractivity contribution is 0.944. The minimum absolute atomic E-state index is 0.517. The summed E-state index contributed by atoms with van der Waals surface area (Å²) in [4.78, 5) is 17.0. The number of fused-ring (bicyclic) bond motifs is 2. The first-order valence-corrected chi connectivity index (χ1v) is 10.9. The Kier molecular flexibility index (Phi) is 4.98. The van der Waals surface area contributed by atoms with Crippen molar-refractivity contribution in [3.05, 3.63) is 109 Å². The minimum Gasteiger partial charge on any atom is -0.355 e. The molecule has 3 heterocycles. The molecule has 8 heteroatoms. The quantitative estimate of drug-likeness (QED) is 0.294. The van der Waals surface area contributed by atoms with Gasteiger partial charge in [0.1, 0.15) is 0 Å². The summed E-state index contributed by atoms with van der Waals surface area (Å²) in [5.41, 5.74) is 5.80. The zero-order chi connectivity index (χ0) is 23.6. The number of hydrogen-bond acceptors (Lipinski definition) is 6. The molecule has 6 rings (SSSR count). The van der Waals surface area contributed by atoms with Crippen LogP contribution in [0.3, 0.4) is 0 Å². The molecule has 166 valence electrons. The van der Waals surface area contributed by atoms with E-state index < -0.39 is 0 Å². The van der Waals surface area contributed by atoms with Gasteiger partial charge in [-0.1, -0.05) is 36.4 Å². The van der Waals surface area contributed by atoms with E-state index in [1.54, 1.807) is 23.0 Å². The van der Waals surface area contributed by atoms with E-state index in [4.69, 9.17) is 6.57 Å². The van der Waals surface area contributed by atoms with Gasteiger partial charge in [0, 0.05) is 34.2 Å². The topological polar surface area (TPSA) is 84.4 Å². The SMILES string of the molecule is [C-]#[N+]c1ccc2nccc(Nc3cccc(-c4nc5ncc(Nc6ccccc6)cn5n4)c3)c2c1. The van der Waals surface area contributed by atoms with Crippen LogP contribution in [0.15, 0.2) is 97.5 Å². The van der Waals surface area contributed by atoms with Gasteiger partial charge in [0.25, 0.3) is 5.78 Å². The highest BCUT2D eigenvalue weighted by molar-refractivity contribution is 5.95. The van der Waals surface area contributed by atoms with E-state index in [1.807, 2.05) is 79.0 Å². The monoisotopic (exact) mass is 454 g/mol. The van der Waals surface area contributed by atoms with Crippen LogP contribution in [0.1, 0.15) is 0 Å². The normalized spacial score (nSPS) is 10.8. The summed E-state index contributed by atoms with van der Waals surface area (Å²) in [5, 5.41) is 12.3. The summed E-state index contributed by atoms with van der Waals surface area (Å²) in [7, 11) is 0. The van der Waals surface area contributed by atoms with Crippen molar-refractivity contribution < 1.29 is 0 Å². The third-order valence-corrected chi connectivity index (χ3v) is 5.51. The fourth-order valence-electron chi connectivity index (χ4n) is 3.86. The van der Waals surface area contributed by atoms with Gasteiger partial charge in [-0.05, 0) is 42.5 Å². The molecule has 0 amide bonds. The van der Waals surface area contributed by atoms with E-state index in [-0.39, 0.29) is 0 Å². The number of rotatable bonds is 5. The van der Waals surface area contributed by atoms with Crippen molar-refractivity contribution in [2.75, 3.05) is 10.6 Å². The van der Waals surface area contributed by atoms with Gasteiger partial charge >= 0.3 is 0 Å². The molecular weight excluding hydrogens is 436 g/mol. The van der Waals surface area contributed by atoms with Crippen molar-refractivity contribution in [2.45, 2.75) is 0 Å². The maximum Gasteiger partial charge on any atom is 0.252 e. The highest BCUT2D eigenvalue weighted by Gasteiger charge is 2.10. The van der Waals surface area contributed by atoms with Crippen LogP contribution >= 0.6 is 0 Å². The number of aromatic nitrogens is 5. The van der Waals surface area contributed by atoms with Crippen molar-refractivity contribution in [2.24, 2.45) is 0 Å². The van der Waals surface area contributed by atoms with Crippen LogP contribution in [0.2, 0.25) is 0 Å². The third-order valence-electron chi connectivity index (χ3n) is 5.51. The molecule has 8 nitrogen and oxygen atoms in total. The highest BCUT2D eigenvalue weighted by Crippen LogP contribution is 2.30. The van der Waals surface area contributed by atoms with Crippen LogP contribution in [0, 0.1) is 6.57 Å². The van der Waals surface area contributed by atoms with Gasteiger partial charge < -0.3 is 10.6 Å². The molecule has 0 saturated heterocycles. The van der Waals surface area contributed by atoms with E-state index in [0.717, 1.165) is 39.2 Å². The van der Waals surface area contributed by atoms with Crippen LogP contribution in [-0.2, 0) is 0 Å². The molecule has 0 aliphatic rings. The van der Waals surface area contributed by atoms with Crippen molar-refractivity contribution in [3.63, 3.8) is 0 Å². The van der Waals surface area contributed by atoms with E-state index in [0.29, 0.717) is 17.3 Å². The Bertz CT molecular complexity index is 1720. The van der Waals surface area contributed by atoms with E-state index in [9.17, 15) is 0 Å². The molecule has 3 aromatic heterocycles. The number of nitrogens with zero attached hydrogens (tertiary/aromatic N) is 6. The molecule has 35 heavy (non-hydrogen) atoms. The zero-order valence-electron chi connectivity index (χ0n) is 18.4. The van der Waals surface area contributed by atoms with Gasteiger partial charge in [0.15, 0.2) is 11.5 Å². The number of nitrogens with one attached hydrogen (secondary N) is 2. The Balaban J connectivity index is 1.30. The first-order chi connectivity index (χ1) is 17.2. The number of benzene rings is 3. The Hall–Kier alpha value is -5.29. The average Bonchev–Trinajstić information content (AvgIpc) is 3.33. The molecule has 0 aliphatic carbocycles. The van der Waals surface area contributed by atoms with Crippen molar-refractivity contribution in [1.29, 1.82) is 0 Å². The molecule has 0 aliphatic heterocycles. The largest absolute Gasteiger partial charge is 0.355 e. The Morgan fingerprint density at radius 2 is 1.69 bits per heavy atom. The van der Waals surface area contributed by atoms with E-state index >= 15 is 0 Å². The van der Waals surface area contributed by atoms with Crippen LogP contribution in [-0.4, -0.2) is 24.6 Å². The second-order valence-electron chi connectivity index (χ2n) is 7.89. The maximum atomic E-state index is 7.31. The second-order valence-corrected chi connectivity index (χ2v) is 7.89. The standard InChI is InChI=1S/C27H18N8/c1-28-20-10-11-24-23(15-20)25(12-13-29-24)32-21-9-5-6-18(14-21)26-33-27-30-16-22(17-35(27)34-26)31-19-7-3-2-4-8-19/h2-17,31H,(H,29,32). The second kappa shape index (κ2) is 8.57. The molecule has 3 aromatic carbocycles. The maximum absolute atomic E-state index is 7.31. The Morgan fingerprint density at radius 1 is 0.800 bits per heavy atom. The van der Waals surface area contributed by atoms with Crippen molar-refractivity contribution in [3.8, 4) is 11.4 Å². The molecule has 0 saturated carbocycles. The van der Waals surface area contributed by atoms with E-state index in [1.165, 1.54) is 0 Å². The Morgan fingerprint density at radius 3 is 2.57 bits per heavy atom. The molecule has 0 radical (unpaired) electrons. The molecule has 0 bridgehead atoms. The average molecular weight is 454 g/mol. The summed E-state index contributed by atoms with van der Waals surface area (Å²) in [6.45, 7) is 7.31. The third kappa shape index (κ3) is 4.10. The summed E-state index contributed by atoms with van der Waals surface area (Å²) >= 11 is 0. The van der Waals surface area contributed by atoms with Crippen LogP contribution < -0.4 is 10.6 Å². The fourth-order valence-corrected chi connectivity index (χ4v) is 3.86. The van der Waals surface area contributed by atoms with Crippen LogP contribution in [0.25, 0.3) is 32.9 Å². The summed E-state index contributed by atoms with van der Waals surface area (Å²) in [6.07, 6.45) is 5.36. The molecule has 2 N–H and O–H groups in total. The van der Waals surface area contributed by atoms with Gasteiger partial charge in [0.2, 0.25) is 0 Å². The number of anilines is 4. The first-order valence-electron chi connectivity index (χ1n) is 10.9. The van der Waals surface area contributed by atoms with E-state index in [2.05, 4.69) is 35.5 Å². The van der Waals surface area contributed by atoms with Crippen molar-refractivity contribution >= 4 is 45.1 Å². The molecule has 0 atom stereocenters. The Labute approximate surface area is 200 Å². The minimum atomic E-state index is 0.517. The van der Waals surface area contributed by atoms with Gasteiger partial charge in [-0.2, -0.15) is 4.98 Å². The highest BCUT2D eigenvalue weighted by atomic mass is 15.3. The number of pyridine rings is 1. The van der Waals surface area contributed by atoms with Gasteiger partial charge in [0.05, 0.1) is 30.2 Å². The predicted molar refractivity (Wildman–Crippen MR) is 137 cm³/mol. The summed E-state index contributed by atoms with van der Waals surface area (Å²) in [6, 6.07) is 25.2. The molecule has 0 fully saturated rings. The lowest BCUT2D eigenvalue weighted by Gasteiger charge is -2.10. The van der Waals surface area contributed by atoms with Gasteiger partial charge in [-0.15, -0.1) is 5.10 Å². The summed E-state index contributed by atoms with van der Waals surface area (Å²) in [5.74, 6) is 1.09. The zero-order valence-corrected chi connectivity index (χ0v) is 18.4. The predicted octanol–water partition coefficient (Wildman–Crippen LogP) is 6.38. The fraction of sp³-hybridized carbons (Fsp3) is 0.